The lowest BCUT2D eigenvalue weighted by Crippen LogP contribution is -2.13. The SMILES string of the molecule is COC(=O)c1ccc(C(=O)N=c2sc3cc(C)ccc3n2C)cc1. The molecule has 3 rings (SSSR count). The molecule has 5 nitrogen and oxygen atoms in total. The predicted octanol–water partition coefficient (Wildman–Crippen LogP) is 3.08. The van der Waals surface area contributed by atoms with Gasteiger partial charge in [0.2, 0.25) is 0 Å². The number of rotatable bonds is 2. The molecular formula is C18H16N2O3S. The van der Waals surface area contributed by atoms with E-state index >= 15 is 0 Å². The van der Waals surface area contributed by atoms with Crippen molar-refractivity contribution in [2.75, 3.05) is 7.11 Å². The minimum Gasteiger partial charge on any atom is -0.465 e. The fraction of sp³-hybridized carbons (Fsp3) is 0.167. The summed E-state index contributed by atoms with van der Waals surface area (Å²) in [5.41, 5.74) is 3.03. The monoisotopic (exact) mass is 340 g/mol. The highest BCUT2D eigenvalue weighted by molar-refractivity contribution is 7.16. The summed E-state index contributed by atoms with van der Waals surface area (Å²) in [7, 11) is 3.21. The minimum atomic E-state index is -0.433. The molecule has 0 aliphatic carbocycles. The second kappa shape index (κ2) is 6.41. The smallest absolute Gasteiger partial charge is 0.337 e. The first-order chi connectivity index (χ1) is 11.5. The zero-order valence-electron chi connectivity index (χ0n) is 13.6. The van der Waals surface area contributed by atoms with Crippen molar-refractivity contribution < 1.29 is 14.3 Å². The standard InChI is InChI=1S/C18H16N2O3S/c1-11-4-9-14-15(10-11)24-18(20(14)2)19-16(21)12-5-7-13(8-6-12)17(22)23-3/h4-10H,1-3H3. The fourth-order valence-corrected chi connectivity index (χ4v) is 3.48. The number of thiazole rings is 1. The number of carbonyl (C=O) groups excluding carboxylic acids is 2. The van der Waals surface area contributed by atoms with Crippen molar-refractivity contribution in [3.8, 4) is 0 Å². The predicted molar refractivity (Wildman–Crippen MR) is 93.2 cm³/mol. The topological polar surface area (TPSA) is 60.7 Å². The molecule has 0 bridgehead atoms. The number of ether oxygens (including phenoxy) is 1. The van der Waals surface area contributed by atoms with E-state index in [-0.39, 0.29) is 5.91 Å². The van der Waals surface area contributed by atoms with Crippen LogP contribution < -0.4 is 4.80 Å². The van der Waals surface area contributed by atoms with Gasteiger partial charge in [-0.05, 0) is 48.9 Å². The maximum Gasteiger partial charge on any atom is 0.337 e. The number of hydrogen-bond donors (Lipinski definition) is 0. The quantitative estimate of drug-likeness (QED) is 0.674. The molecule has 122 valence electrons. The molecule has 0 N–H and O–H groups in total. The van der Waals surface area contributed by atoms with Crippen LogP contribution in [0.4, 0.5) is 0 Å². The van der Waals surface area contributed by atoms with Gasteiger partial charge in [0.05, 0.1) is 22.9 Å². The molecule has 0 aliphatic rings. The highest BCUT2D eigenvalue weighted by atomic mass is 32.1. The molecule has 3 aromatic rings. The van der Waals surface area contributed by atoms with Gasteiger partial charge in [-0.2, -0.15) is 4.99 Å². The second-order valence-electron chi connectivity index (χ2n) is 5.40. The zero-order valence-corrected chi connectivity index (χ0v) is 14.4. The Morgan fingerprint density at radius 2 is 1.75 bits per heavy atom. The summed E-state index contributed by atoms with van der Waals surface area (Å²) in [5, 5.41) is 0. The number of esters is 1. The molecule has 0 fully saturated rings. The summed E-state index contributed by atoms with van der Waals surface area (Å²) in [6.07, 6.45) is 0. The Morgan fingerprint density at radius 3 is 2.42 bits per heavy atom. The van der Waals surface area contributed by atoms with Gasteiger partial charge in [0.25, 0.3) is 5.91 Å². The van der Waals surface area contributed by atoms with Crippen molar-refractivity contribution in [3.05, 3.63) is 64.0 Å². The van der Waals surface area contributed by atoms with E-state index in [1.165, 1.54) is 24.0 Å². The number of aromatic nitrogens is 1. The maximum absolute atomic E-state index is 12.4. The summed E-state index contributed by atoms with van der Waals surface area (Å²) in [6.45, 7) is 2.03. The Morgan fingerprint density at radius 1 is 1.08 bits per heavy atom. The Hall–Kier alpha value is -2.73. The molecule has 0 radical (unpaired) electrons. The molecule has 0 saturated carbocycles. The van der Waals surface area contributed by atoms with Crippen molar-refractivity contribution >= 4 is 33.4 Å². The Kier molecular flexibility index (Phi) is 4.31. The normalized spacial score (nSPS) is 11.7. The van der Waals surface area contributed by atoms with Gasteiger partial charge in [-0.3, -0.25) is 4.79 Å². The van der Waals surface area contributed by atoms with Crippen LogP contribution in [0.1, 0.15) is 26.3 Å². The third-order valence-corrected chi connectivity index (χ3v) is 4.81. The lowest BCUT2D eigenvalue weighted by Gasteiger charge is -2.00. The van der Waals surface area contributed by atoms with Crippen LogP contribution in [0.5, 0.6) is 0 Å². The lowest BCUT2D eigenvalue weighted by molar-refractivity contribution is 0.0600. The van der Waals surface area contributed by atoms with E-state index in [0.717, 1.165) is 10.2 Å². The number of benzene rings is 2. The average Bonchev–Trinajstić information content (AvgIpc) is 2.89. The van der Waals surface area contributed by atoms with E-state index in [4.69, 9.17) is 0 Å². The number of nitrogens with zero attached hydrogens (tertiary/aromatic N) is 2. The maximum atomic E-state index is 12.4. The van der Waals surface area contributed by atoms with Gasteiger partial charge in [-0.25, -0.2) is 4.79 Å². The number of fused-ring (bicyclic) bond motifs is 1. The summed E-state index contributed by atoms with van der Waals surface area (Å²) in [5.74, 6) is -0.775. The minimum absolute atomic E-state index is 0.342. The van der Waals surface area contributed by atoms with Crippen molar-refractivity contribution in [1.82, 2.24) is 4.57 Å². The zero-order chi connectivity index (χ0) is 17.3. The third kappa shape index (κ3) is 3.00. The summed E-state index contributed by atoms with van der Waals surface area (Å²) in [6, 6.07) is 12.4. The largest absolute Gasteiger partial charge is 0.465 e. The van der Waals surface area contributed by atoms with E-state index in [9.17, 15) is 9.59 Å². The molecular weight excluding hydrogens is 324 g/mol. The third-order valence-electron chi connectivity index (χ3n) is 3.71. The van der Waals surface area contributed by atoms with E-state index in [0.29, 0.717) is 15.9 Å². The van der Waals surface area contributed by atoms with Crippen LogP contribution in [0.2, 0.25) is 0 Å². The number of methoxy groups -OCH3 is 1. The highest BCUT2D eigenvalue weighted by Gasteiger charge is 2.09. The van der Waals surface area contributed by atoms with E-state index in [2.05, 4.69) is 15.8 Å². The number of aryl methyl sites for hydroxylation is 2. The van der Waals surface area contributed by atoms with E-state index in [1.807, 2.05) is 30.7 Å². The number of hydrogen-bond acceptors (Lipinski definition) is 4. The molecule has 0 aliphatic heterocycles. The van der Waals surface area contributed by atoms with Crippen molar-refractivity contribution in [2.45, 2.75) is 6.92 Å². The molecule has 1 amide bonds. The van der Waals surface area contributed by atoms with E-state index in [1.54, 1.807) is 24.3 Å². The van der Waals surface area contributed by atoms with Crippen molar-refractivity contribution in [3.63, 3.8) is 0 Å². The molecule has 0 atom stereocenters. The Balaban J connectivity index is 1.97. The van der Waals surface area contributed by atoms with Gasteiger partial charge in [-0.1, -0.05) is 17.4 Å². The molecule has 2 aromatic carbocycles. The van der Waals surface area contributed by atoms with Gasteiger partial charge in [0, 0.05) is 12.6 Å². The van der Waals surface area contributed by atoms with Gasteiger partial charge >= 0.3 is 5.97 Å². The average molecular weight is 340 g/mol. The molecule has 0 saturated heterocycles. The first-order valence-electron chi connectivity index (χ1n) is 7.33. The molecule has 1 heterocycles. The van der Waals surface area contributed by atoms with Gasteiger partial charge in [0.15, 0.2) is 4.80 Å². The molecule has 0 unspecified atom stereocenters. The lowest BCUT2D eigenvalue weighted by atomic mass is 10.1. The molecule has 1 aromatic heterocycles. The number of amides is 1. The van der Waals surface area contributed by atoms with Crippen LogP contribution in [0.15, 0.2) is 47.5 Å². The summed E-state index contributed by atoms with van der Waals surface area (Å²) in [4.78, 5) is 28.6. The molecule has 0 spiro atoms. The molecule has 6 heteroatoms. The molecule has 24 heavy (non-hydrogen) atoms. The van der Waals surface area contributed by atoms with Crippen molar-refractivity contribution in [2.24, 2.45) is 12.0 Å². The summed E-state index contributed by atoms with van der Waals surface area (Å²) >= 11 is 1.47. The first-order valence-corrected chi connectivity index (χ1v) is 8.15. The highest BCUT2D eigenvalue weighted by Crippen LogP contribution is 2.18. The van der Waals surface area contributed by atoms with Crippen LogP contribution in [-0.4, -0.2) is 23.6 Å². The fourth-order valence-electron chi connectivity index (χ4n) is 2.37. The Bertz CT molecular complexity index is 997. The van der Waals surface area contributed by atoms with Gasteiger partial charge in [0.1, 0.15) is 0 Å². The van der Waals surface area contributed by atoms with E-state index < -0.39 is 5.97 Å². The second-order valence-corrected chi connectivity index (χ2v) is 6.41. The van der Waals surface area contributed by atoms with Crippen LogP contribution in [-0.2, 0) is 11.8 Å². The number of carbonyl (C=O) groups is 2. The van der Waals surface area contributed by atoms with Gasteiger partial charge < -0.3 is 9.30 Å². The van der Waals surface area contributed by atoms with Crippen LogP contribution in [0.3, 0.4) is 0 Å². The summed E-state index contributed by atoms with van der Waals surface area (Å²) < 4.78 is 7.63. The van der Waals surface area contributed by atoms with Crippen molar-refractivity contribution in [1.29, 1.82) is 0 Å². The first kappa shape index (κ1) is 16.1. The Labute approximate surface area is 142 Å². The van der Waals surface area contributed by atoms with Crippen LogP contribution in [0, 0.1) is 6.92 Å². The van der Waals surface area contributed by atoms with Crippen LogP contribution >= 0.6 is 11.3 Å². The van der Waals surface area contributed by atoms with Crippen LogP contribution in [0.25, 0.3) is 10.2 Å². The van der Waals surface area contributed by atoms with Gasteiger partial charge in [-0.15, -0.1) is 0 Å².